The zero-order valence-corrected chi connectivity index (χ0v) is 43.6. The smallest absolute Gasteiger partial charge is 0.373 e. The molecule has 3 aromatic carbocycles. The number of aryl methyl sites for hydroxylation is 4. The summed E-state index contributed by atoms with van der Waals surface area (Å²) in [6, 6.07) is 15.5. The summed E-state index contributed by atoms with van der Waals surface area (Å²) in [5.41, 5.74) is 7.28. The molecule has 0 aliphatic carbocycles. The van der Waals surface area contributed by atoms with Crippen molar-refractivity contribution in [1.29, 1.82) is 0 Å². The first-order valence-electron chi connectivity index (χ1n) is 23.9. The van der Waals surface area contributed by atoms with Crippen LogP contribution in [0.15, 0.2) is 85.0 Å². The fraction of sp³-hybridized carbons (Fsp3) is 0.483. The van der Waals surface area contributed by atoms with Crippen LogP contribution in [0.1, 0.15) is 141 Å². The van der Waals surface area contributed by atoms with Gasteiger partial charge in [0.15, 0.2) is 11.6 Å². The molecule has 8 atom stereocenters. The Kier molecular flexibility index (Phi) is 26.0. The summed E-state index contributed by atoms with van der Waals surface area (Å²) in [5, 5.41) is 19.4. The molecule has 2 fully saturated rings. The number of carbonyl (C=O) groups excluding carboxylic acids is 5. The molecular weight excluding hydrogens is 937 g/mol. The zero-order valence-electron chi connectivity index (χ0n) is 43.6. The Morgan fingerprint density at radius 1 is 0.849 bits per heavy atom. The second-order valence-electron chi connectivity index (χ2n) is 19.0. The number of ether oxygens (including phenoxy) is 7. The minimum atomic E-state index is -0.947. The Bertz CT molecular complexity index is 2420. The van der Waals surface area contributed by atoms with E-state index in [1.807, 2.05) is 141 Å². The molecule has 398 valence electrons. The summed E-state index contributed by atoms with van der Waals surface area (Å²) in [5.74, 6) is -1.62. The van der Waals surface area contributed by atoms with Crippen LogP contribution in [0.3, 0.4) is 0 Å². The van der Waals surface area contributed by atoms with E-state index in [1.54, 1.807) is 14.0 Å². The number of hydrogen-bond donors (Lipinski definition) is 2. The van der Waals surface area contributed by atoms with Gasteiger partial charge in [-0.05, 0) is 128 Å². The molecule has 73 heavy (non-hydrogen) atoms. The molecule has 0 amide bonds. The van der Waals surface area contributed by atoms with Crippen molar-refractivity contribution in [2.75, 3.05) is 7.11 Å². The third-order valence-electron chi connectivity index (χ3n) is 11.7. The second-order valence-corrected chi connectivity index (χ2v) is 19.0. The quantitative estimate of drug-likeness (QED) is 0.128. The molecule has 2 saturated heterocycles. The number of cyclic esters (lactones) is 1. The van der Waals surface area contributed by atoms with E-state index in [0.29, 0.717) is 42.6 Å². The third kappa shape index (κ3) is 20.4. The van der Waals surface area contributed by atoms with Crippen molar-refractivity contribution in [3.8, 4) is 5.75 Å². The summed E-state index contributed by atoms with van der Waals surface area (Å²) in [7, 11) is 1.63. The maximum Gasteiger partial charge on any atom is 0.373 e. The van der Waals surface area contributed by atoms with Crippen LogP contribution in [0.5, 0.6) is 5.75 Å². The molecule has 6 rings (SSSR count). The van der Waals surface area contributed by atoms with Gasteiger partial charge in [-0.2, -0.15) is 19.2 Å². The van der Waals surface area contributed by atoms with E-state index >= 15 is 0 Å². The molecule has 15 heteroatoms. The first kappa shape index (κ1) is 63.0. The number of aromatic carboxylic acids is 1. The Labute approximate surface area is 431 Å². The van der Waals surface area contributed by atoms with Gasteiger partial charge in [0.1, 0.15) is 24.1 Å². The average molecular weight is 1010 g/mol. The van der Waals surface area contributed by atoms with Crippen molar-refractivity contribution < 1.29 is 72.1 Å². The van der Waals surface area contributed by atoms with Crippen LogP contribution in [-0.4, -0.2) is 95.9 Å². The van der Waals surface area contributed by atoms with Crippen molar-refractivity contribution in [3.05, 3.63) is 135 Å². The lowest BCUT2D eigenvalue weighted by molar-refractivity contribution is -0.193. The highest BCUT2D eigenvalue weighted by Crippen LogP contribution is 2.36. The number of benzene rings is 3. The highest BCUT2D eigenvalue weighted by Gasteiger charge is 2.45. The summed E-state index contributed by atoms with van der Waals surface area (Å²) >= 11 is 0. The maximum absolute atomic E-state index is 12.8. The second kappa shape index (κ2) is 30.2. The number of carboxylic acid groups (broad SMARTS) is 1. The fourth-order valence-corrected chi connectivity index (χ4v) is 8.78. The number of fused-ring (bicyclic) bond motifs is 2. The highest BCUT2D eigenvalue weighted by atomic mass is 16.8. The van der Waals surface area contributed by atoms with E-state index in [4.69, 9.17) is 52.3 Å². The van der Waals surface area contributed by atoms with E-state index < -0.39 is 35.9 Å². The van der Waals surface area contributed by atoms with Gasteiger partial charge in [0.25, 0.3) is 0 Å². The van der Waals surface area contributed by atoms with Crippen LogP contribution in [0.2, 0.25) is 0 Å². The minimum Gasteiger partial charge on any atom is -0.497 e. The third-order valence-corrected chi connectivity index (χ3v) is 11.7. The number of methoxy groups -OCH3 is 1. The van der Waals surface area contributed by atoms with E-state index in [9.17, 15) is 19.8 Å². The van der Waals surface area contributed by atoms with Crippen molar-refractivity contribution in [2.45, 2.75) is 170 Å². The van der Waals surface area contributed by atoms with E-state index in [0.717, 1.165) is 45.6 Å². The Balaban J connectivity index is 0.000000460. The van der Waals surface area contributed by atoms with Gasteiger partial charge in [0, 0.05) is 12.3 Å². The largest absolute Gasteiger partial charge is 0.497 e. The van der Waals surface area contributed by atoms with Gasteiger partial charge in [-0.15, -0.1) is 0 Å². The number of carbonyl (C=O) groups is 2. The molecule has 3 aliphatic heterocycles. The monoisotopic (exact) mass is 1010 g/mol. The van der Waals surface area contributed by atoms with Crippen molar-refractivity contribution in [2.24, 2.45) is 5.92 Å². The van der Waals surface area contributed by atoms with Crippen LogP contribution in [0.25, 0.3) is 12.2 Å². The Morgan fingerprint density at radius 3 is 2.08 bits per heavy atom. The molecule has 0 spiro atoms. The zero-order chi connectivity index (χ0) is 53.8. The number of rotatable bonds is 12. The first-order chi connectivity index (χ1) is 34.0. The lowest BCUT2D eigenvalue weighted by atomic mass is 9.95. The number of aliphatic hydroxyl groups excluding tert-OH is 1. The standard InChI is InChI=1S/C31H40O7.C24H32O4.2CO2.CH4/c1-20-17-21(2)28(30(33)34)24(18-20)10-8-12-27-29(38-31(4,5)37-27)26(11-7-9-22(3)32)36-19-23-13-15-25(35-6)16-14-23;1-15-13-17(3)21-19(14-15)11-8-12-20-22(28-24(5,6)27-20)16(2)9-7-10-18(4)26-23(21)25;2*2-1-3;/h7-8,10-11,13-18,22,26-27,29,32H,9,12,19H2,1-6H3,(H,33,34);7-9,11,13-14,16,18,20,22H,10,12H2,1-6H3;;;1H4/b10-8+,11-7-;9-7-,11-8?;;;/t22-,26?,27-,29+;16?,18-,20-,22+;;;/m00.../s1. The number of hydrogen-bond acceptors (Lipinski definition) is 14. The van der Waals surface area contributed by atoms with Gasteiger partial charge >= 0.3 is 24.2 Å². The van der Waals surface area contributed by atoms with Crippen LogP contribution < -0.4 is 4.74 Å². The van der Waals surface area contributed by atoms with Gasteiger partial charge in [-0.3, -0.25) is 0 Å². The average Bonchev–Trinajstić information content (AvgIpc) is 3.77. The summed E-state index contributed by atoms with van der Waals surface area (Å²) < 4.78 is 42.2. The number of esters is 1. The van der Waals surface area contributed by atoms with Gasteiger partial charge in [0.2, 0.25) is 0 Å². The van der Waals surface area contributed by atoms with E-state index in [1.165, 1.54) is 0 Å². The molecular formula is C58H76O15. The molecule has 3 heterocycles. The van der Waals surface area contributed by atoms with Crippen LogP contribution in [0, 0.1) is 33.6 Å². The lowest BCUT2D eigenvalue weighted by Crippen LogP contribution is -2.36. The molecule has 0 saturated carbocycles. The topological polar surface area (TPSA) is 207 Å². The highest BCUT2D eigenvalue weighted by molar-refractivity contribution is 5.95. The molecule has 0 aromatic heterocycles. The van der Waals surface area contributed by atoms with Gasteiger partial charge < -0.3 is 43.4 Å². The maximum atomic E-state index is 12.8. The van der Waals surface area contributed by atoms with E-state index in [-0.39, 0.29) is 56.0 Å². The van der Waals surface area contributed by atoms with Crippen molar-refractivity contribution in [3.63, 3.8) is 0 Å². The SMILES string of the molecule is C.COc1ccc(COC(/C=C\C[C@H](C)O)[C@H]2OC(C)(C)O[C@H]2C/C=C/c2cc(C)cc(C)c2C(=O)O)cc1.Cc1cc(C)c2c(c1)C=CC[C@@H]1OC(C)(C)O[C@@H]1C(C)/C=C\C[C@H](C)OC2=O.O=C=O.O=C=O. The van der Waals surface area contributed by atoms with E-state index in [2.05, 4.69) is 25.2 Å². The first-order valence-corrected chi connectivity index (χ1v) is 23.9. The Morgan fingerprint density at radius 2 is 1.47 bits per heavy atom. The number of aliphatic hydroxyl groups is 1. The summed E-state index contributed by atoms with van der Waals surface area (Å²) in [4.78, 5) is 57.2. The molecule has 3 aliphatic rings. The van der Waals surface area contributed by atoms with Crippen molar-refractivity contribution >= 4 is 36.4 Å². The fourth-order valence-electron chi connectivity index (χ4n) is 8.78. The molecule has 2 unspecified atom stereocenters. The molecule has 0 bridgehead atoms. The van der Waals surface area contributed by atoms with Crippen LogP contribution in [-0.2, 0) is 54.2 Å². The van der Waals surface area contributed by atoms with Crippen LogP contribution >= 0.6 is 0 Å². The predicted molar refractivity (Wildman–Crippen MR) is 275 cm³/mol. The normalized spacial score (nSPS) is 23.1. The minimum absolute atomic E-state index is 0. The van der Waals surface area contributed by atoms with Gasteiger partial charge in [-0.1, -0.05) is 110 Å². The van der Waals surface area contributed by atoms with Crippen LogP contribution in [0.4, 0.5) is 0 Å². The lowest BCUT2D eigenvalue weighted by Gasteiger charge is -2.24. The Hall–Kier alpha value is -6.12. The number of carboxylic acids is 1. The predicted octanol–water partition coefficient (Wildman–Crippen LogP) is 10.7. The van der Waals surface area contributed by atoms with Crippen molar-refractivity contribution in [1.82, 2.24) is 0 Å². The molecule has 2 N–H and O–H groups in total. The molecule has 3 aromatic rings. The van der Waals surface area contributed by atoms with Gasteiger partial charge in [0.05, 0.1) is 49.3 Å². The molecule has 0 radical (unpaired) electrons. The summed E-state index contributed by atoms with van der Waals surface area (Å²) in [6.07, 6.45) is 17.0. The summed E-state index contributed by atoms with van der Waals surface area (Å²) in [6.45, 7) is 21.6. The molecule has 15 nitrogen and oxygen atoms in total. The van der Waals surface area contributed by atoms with Gasteiger partial charge in [-0.25, -0.2) is 9.59 Å².